The van der Waals surface area contributed by atoms with Crippen LogP contribution in [0.1, 0.15) is 12.5 Å². The number of benzene rings is 1. The lowest BCUT2D eigenvalue weighted by atomic mass is 10.1. The van der Waals surface area contributed by atoms with Crippen molar-refractivity contribution < 1.29 is 16.8 Å². The Morgan fingerprint density at radius 1 is 1.25 bits per heavy atom. The van der Waals surface area contributed by atoms with Crippen LogP contribution in [0.5, 0.6) is 0 Å². The van der Waals surface area contributed by atoms with E-state index in [9.17, 15) is 16.8 Å². The molecule has 20 heavy (non-hydrogen) atoms. The minimum Gasteiger partial charge on any atom is -0.236 e. The van der Waals surface area contributed by atoms with Gasteiger partial charge in [0.2, 0.25) is 0 Å². The van der Waals surface area contributed by atoms with Crippen LogP contribution in [0, 0.1) is 11.3 Å². The van der Waals surface area contributed by atoms with Gasteiger partial charge >= 0.3 is 9.06 Å². The van der Waals surface area contributed by atoms with Crippen molar-refractivity contribution in [1.29, 1.82) is 5.26 Å². The topological polar surface area (TPSA) is 95.3 Å². The molecule has 0 spiro atoms. The molecule has 1 aliphatic heterocycles. The number of rotatable bonds is 3. The van der Waals surface area contributed by atoms with E-state index in [0.717, 1.165) is 0 Å². The maximum absolute atomic E-state index is 12.3. The van der Waals surface area contributed by atoms with Crippen molar-refractivity contribution in [2.45, 2.75) is 13.0 Å². The molecule has 1 aromatic rings. The SMILES string of the molecule is CCS(=O)(=O)S(=O)(=O)N1c2ccccc2C=CC1C#N. The fraction of sp³-hybridized carbons (Fsp3) is 0.250. The number of hydrogen-bond donors (Lipinski definition) is 0. The van der Waals surface area contributed by atoms with Gasteiger partial charge in [0.1, 0.15) is 0 Å². The summed E-state index contributed by atoms with van der Waals surface area (Å²) in [5.41, 5.74) is 0.743. The molecule has 2 rings (SSSR count). The molecule has 6 nitrogen and oxygen atoms in total. The highest BCUT2D eigenvalue weighted by Gasteiger charge is 2.40. The van der Waals surface area contributed by atoms with Gasteiger partial charge in [-0.1, -0.05) is 31.2 Å². The van der Waals surface area contributed by atoms with Crippen molar-refractivity contribution in [1.82, 2.24) is 0 Å². The van der Waals surface area contributed by atoms with Crippen molar-refractivity contribution in [3.05, 3.63) is 35.9 Å². The van der Waals surface area contributed by atoms with E-state index in [4.69, 9.17) is 5.26 Å². The lowest BCUT2D eigenvalue weighted by molar-refractivity contribution is 0.579. The number of nitriles is 1. The van der Waals surface area contributed by atoms with Crippen LogP contribution in [-0.4, -0.2) is 28.6 Å². The molecule has 0 saturated heterocycles. The second-order valence-corrected chi connectivity index (χ2v) is 9.82. The van der Waals surface area contributed by atoms with Crippen LogP contribution in [0.3, 0.4) is 0 Å². The summed E-state index contributed by atoms with van der Waals surface area (Å²) in [6.45, 7) is 1.25. The van der Waals surface area contributed by atoms with Gasteiger partial charge in [0.15, 0.2) is 6.04 Å². The van der Waals surface area contributed by atoms with E-state index in [0.29, 0.717) is 9.87 Å². The molecule has 1 unspecified atom stereocenters. The normalized spacial score (nSPS) is 18.4. The summed E-state index contributed by atoms with van der Waals surface area (Å²) in [5, 5.41) is 9.09. The second kappa shape index (κ2) is 4.92. The Labute approximate surface area is 117 Å². The van der Waals surface area contributed by atoms with Gasteiger partial charge in [0, 0.05) is 0 Å². The largest absolute Gasteiger partial charge is 0.343 e. The summed E-state index contributed by atoms with van der Waals surface area (Å²) >= 11 is 0. The van der Waals surface area contributed by atoms with E-state index >= 15 is 0 Å². The number of hydrogen-bond acceptors (Lipinski definition) is 5. The highest BCUT2D eigenvalue weighted by molar-refractivity contribution is 8.67. The minimum absolute atomic E-state index is 0.193. The van der Waals surface area contributed by atoms with Gasteiger partial charge in [-0.2, -0.15) is 13.7 Å². The monoisotopic (exact) mass is 312 g/mol. The molecule has 8 heteroatoms. The fourth-order valence-corrected chi connectivity index (χ4v) is 5.37. The number of fused-ring (bicyclic) bond motifs is 1. The molecule has 0 radical (unpaired) electrons. The van der Waals surface area contributed by atoms with Gasteiger partial charge in [0.25, 0.3) is 8.87 Å². The van der Waals surface area contributed by atoms with Crippen molar-refractivity contribution >= 4 is 29.7 Å². The smallest absolute Gasteiger partial charge is 0.236 e. The van der Waals surface area contributed by atoms with E-state index in [1.54, 1.807) is 30.3 Å². The van der Waals surface area contributed by atoms with Gasteiger partial charge < -0.3 is 0 Å². The zero-order valence-corrected chi connectivity index (χ0v) is 12.2. The summed E-state index contributed by atoms with van der Waals surface area (Å²) in [4.78, 5) is 0. The van der Waals surface area contributed by atoms with Crippen LogP contribution in [0.2, 0.25) is 0 Å². The van der Waals surface area contributed by atoms with Gasteiger partial charge in [-0.3, -0.25) is 0 Å². The van der Waals surface area contributed by atoms with E-state index in [-0.39, 0.29) is 5.69 Å². The zero-order valence-electron chi connectivity index (χ0n) is 10.6. The first-order valence-electron chi connectivity index (χ1n) is 5.79. The summed E-state index contributed by atoms with van der Waals surface area (Å²) in [6, 6.07) is 7.05. The summed E-state index contributed by atoms with van der Waals surface area (Å²) in [5.74, 6) is -0.546. The number of para-hydroxylation sites is 1. The predicted octanol–water partition coefficient (Wildman–Crippen LogP) is 1.09. The number of nitrogens with zero attached hydrogens (tertiary/aromatic N) is 2. The van der Waals surface area contributed by atoms with Gasteiger partial charge in [-0.05, 0) is 17.7 Å². The molecule has 0 N–H and O–H groups in total. The Kier molecular flexibility index (Phi) is 3.58. The van der Waals surface area contributed by atoms with Crippen LogP contribution in [-0.2, 0) is 17.9 Å². The van der Waals surface area contributed by atoms with E-state index in [1.807, 2.05) is 0 Å². The molecule has 1 aliphatic rings. The second-order valence-electron chi connectivity index (χ2n) is 4.09. The van der Waals surface area contributed by atoms with Crippen molar-refractivity contribution in [3.63, 3.8) is 0 Å². The Morgan fingerprint density at radius 2 is 1.90 bits per heavy atom. The summed E-state index contributed by atoms with van der Waals surface area (Å²) < 4.78 is 49.0. The molecule has 0 bridgehead atoms. The van der Waals surface area contributed by atoms with Crippen LogP contribution in [0.25, 0.3) is 6.08 Å². The maximum Gasteiger partial charge on any atom is 0.343 e. The van der Waals surface area contributed by atoms with E-state index in [1.165, 1.54) is 19.1 Å². The molecular weight excluding hydrogens is 300 g/mol. The summed E-state index contributed by atoms with van der Waals surface area (Å²) in [6.07, 6.45) is 2.97. The van der Waals surface area contributed by atoms with Gasteiger partial charge in [-0.25, -0.2) is 12.7 Å². The Bertz CT molecular complexity index is 804. The molecule has 1 aromatic carbocycles. The first-order valence-corrected chi connectivity index (χ1v) is 9.40. The fourth-order valence-electron chi connectivity index (χ4n) is 1.88. The van der Waals surface area contributed by atoms with Crippen molar-refractivity contribution in [2.75, 3.05) is 10.1 Å². The first-order chi connectivity index (χ1) is 9.35. The predicted molar refractivity (Wildman–Crippen MR) is 75.7 cm³/mol. The minimum atomic E-state index is -4.65. The maximum atomic E-state index is 12.3. The van der Waals surface area contributed by atoms with Gasteiger partial charge in [0.05, 0.1) is 17.5 Å². The average molecular weight is 312 g/mol. The third-order valence-electron chi connectivity index (χ3n) is 2.93. The third kappa shape index (κ3) is 2.09. The molecule has 1 atom stereocenters. The molecule has 106 valence electrons. The van der Waals surface area contributed by atoms with Crippen molar-refractivity contribution in [3.8, 4) is 6.07 Å². The molecule has 0 aromatic heterocycles. The zero-order chi connectivity index (χ0) is 15.0. The number of anilines is 1. The van der Waals surface area contributed by atoms with E-state index < -0.39 is 29.7 Å². The van der Waals surface area contributed by atoms with Crippen LogP contribution < -0.4 is 4.31 Å². The Morgan fingerprint density at radius 3 is 2.50 bits per heavy atom. The van der Waals surface area contributed by atoms with Crippen LogP contribution in [0.15, 0.2) is 30.3 Å². The highest BCUT2D eigenvalue weighted by atomic mass is 33.2. The lowest BCUT2D eigenvalue weighted by Gasteiger charge is -2.30. The molecule has 0 saturated carbocycles. The molecule has 0 fully saturated rings. The molecular formula is C12H12N2O4S2. The van der Waals surface area contributed by atoms with E-state index in [2.05, 4.69) is 0 Å². The molecule has 1 heterocycles. The lowest BCUT2D eigenvalue weighted by Crippen LogP contribution is -2.44. The van der Waals surface area contributed by atoms with Crippen molar-refractivity contribution in [2.24, 2.45) is 0 Å². The quantitative estimate of drug-likeness (QED) is 0.779. The standard InChI is InChI=1S/C12H12N2O4S2/c1-2-19(15,16)20(17,18)14-11(9-13)8-7-10-5-3-4-6-12(10)14/h3-8,11H,2H2,1H3. The Balaban J connectivity index is 2.72. The van der Waals surface area contributed by atoms with Gasteiger partial charge in [-0.15, -0.1) is 0 Å². The molecule has 0 amide bonds. The Hall–Kier alpha value is -1.85. The summed E-state index contributed by atoms with van der Waals surface area (Å²) in [7, 11) is -9.02. The van der Waals surface area contributed by atoms with Crippen LogP contribution >= 0.6 is 0 Å². The highest BCUT2D eigenvalue weighted by Crippen LogP contribution is 2.32. The molecule has 0 aliphatic carbocycles. The third-order valence-corrected chi connectivity index (χ3v) is 8.30. The van der Waals surface area contributed by atoms with Crippen LogP contribution in [0.4, 0.5) is 5.69 Å². The first kappa shape index (κ1) is 14.6. The average Bonchev–Trinajstić information content (AvgIpc) is 2.45.